The van der Waals surface area contributed by atoms with Crippen LogP contribution in [0.25, 0.3) is 11.1 Å². The van der Waals surface area contributed by atoms with Crippen molar-refractivity contribution in [2.45, 2.75) is 6.04 Å². The number of amides is 1. The Bertz CT molecular complexity index is 611. The molecule has 2 rings (SSSR count). The molecule has 0 aliphatic carbocycles. The molecule has 0 saturated carbocycles. The molecule has 0 heterocycles. The molecule has 0 aliphatic heterocycles. The highest BCUT2D eigenvalue weighted by Crippen LogP contribution is 2.25. The predicted octanol–water partition coefficient (Wildman–Crippen LogP) is 1.62. The number of rotatable bonds is 5. The minimum absolute atomic E-state index is 0.381. The zero-order valence-electron chi connectivity index (χ0n) is 11.7. The zero-order valence-corrected chi connectivity index (χ0v) is 11.7. The second kappa shape index (κ2) is 6.88. The molecule has 2 aromatic rings. The van der Waals surface area contributed by atoms with E-state index in [1.54, 1.807) is 19.2 Å². The van der Waals surface area contributed by atoms with Crippen LogP contribution in [-0.4, -0.2) is 30.8 Å². The van der Waals surface area contributed by atoms with Gasteiger partial charge in [-0.15, -0.1) is 0 Å². The molecule has 110 valence electrons. The van der Waals surface area contributed by atoms with E-state index >= 15 is 0 Å². The minimum Gasteiger partial charge on any atom is -0.497 e. The number of nitrogens with two attached hydrogens (primary N) is 1. The highest BCUT2D eigenvalue weighted by Gasteiger charge is 2.11. The molecule has 0 bridgehead atoms. The van der Waals surface area contributed by atoms with Gasteiger partial charge in [0.15, 0.2) is 0 Å². The molecular weight excluding hydrogens is 268 g/mol. The number of carbonyl (C=O) groups is 1. The van der Waals surface area contributed by atoms with Gasteiger partial charge >= 0.3 is 0 Å². The first-order chi connectivity index (χ1) is 10.1. The van der Waals surface area contributed by atoms with E-state index in [1.807, 2.05) is 36.4 Å². The van der Waals surface area contributed by atoms with Gasteiger partial charge in [-0.25, -0.2) is 0 Å². The van der Waals surface area contributed by atoms with Crippen LogP contribution in [-0.2, 0) is 4.79 Å². The quantitative estimate of drug-likeness (QED) is 0.780. The third kappa shape index (κ3) is 3.81. The molecule has 0 aromatic heterocycles. The fourth-order valence-corrected chi connectivity index (χ4v) is 1.87. The Balaban J connectivity index is 2.13. The van der Waals surface area contributed by atoms with Crippen LogP contribution in [0.4, 0.5) is 5.69 Å². The van der Waals surface area contributed by atoms with Crippen LogP contribution in [0.5, 0.6) is 5.75 Å². The number of anilines is 1. The van der Waals surface area contributed by atoms with Crippen molar-refractivity contribution in [2.75, 3.05) is 19.0 Å². The van der Waals surface area contributed by atoms with Crippen molar-refractivity contribution >= 4 is 11.6 Å². The normalized spacial score (nSPS) is 11.8. The Labute approximate surface area is 123 Å². The third-order valence-corrected chi connectivity index (χ3v) is 3.09. The summed E-state index contributed by atoms with van der Waals surface area (Å²) in [6, 6.07) is 14.2. The third-order valence-electron chi connectivity index (χ3n) is 3.09. The molecule has 0 fully saturated rings. The van der Waals surface area contributed by atoms with Crippen molar-refractivity contribution in [1.29, 1.82) is 0 Å². The van der Waals surface area contributed by atoms with Crippen LogP contribution in [0.1, 0.15) is 0 Å². The number of ether oxygens (including phenoxy) is 1. The number of hydrogen-bond acceptors (Lipinski definition) is 4. The maximum Gasteiger partial charge on any atom is 0.243 e. The van der Waals surface area contributed by atoms with Gasteiger partial charge in [0.2, 0.25) is 5.91 Å². The SMILES string of the molecule is COc1cccc(-c2ccc(NC(=O)[C@@H](N)CO)cc2)c1. The summed E-state index contributed by atoms with van der Waals surface area (Å²) in [5.74, 6) is 0.380. The van der Waals surface area contributed by atoms with Crippen molar-refractivity contribution in [3.8, 4) is 16.9 Å². The highest BCUT2D eigenvalue weighted by molar-refractivity contribution is 5.94. The molecule has 0 unspecified atom stereocenters. The Morgan fingerprint density at radius 2 is 1.95 bits per heavy atom. The van der Waals surface area contributed by atoms with Crippen LogP contribution in [0.3, 0.4) is 0 Å². The van der Waals surface area contributed by atoms with Crippen molar-refractivity contribution in [3.05, 3.63) is 48.5 Å². The van der Waals surface area contributed by atoms with E-state index in [-0.39, 0.29) is 6.61 Å². The lowest BCUT2D eigenvalue weighted by atomic mass is 10.1. The summed E-state index contributed by atoms with van der Waals surface area (Å²) in [6.07, 6.45) is 0. The Morgan fingerprint density at radius 1 is 1.24 bits per heavy atom. The fraction of sp³-hybridized carbons (Fsp3) is 0.188. The minimum atomic E-state index is -0.914. The predicted molar refractivity (Wildman–Crippen MR) is 82.1 cm³/mol. The summed E-state index contributed by atoms with van der Waals surface area (Å²) in [5.41, 5.74) is 8.12. The molecule has 21 heavy (non-hydrogen) atoms. The molecule has 1 atom stereocenters. The lowest BCUT2D eigenvalue weighted by Crippen LogP contribution is -2.38. The highest BCUT2D eigenvalue weighted by atomic mass is 16.5. The molecule has 4 N–H and O–H groups in total. The van der Waals surface area contributed by atoms with Gasteiger partial charge in [0, 0.05) is 5.69 Å². The second-order valence-electron chi connectivity index (χ2n) is 4.59. The van der Waals surface area contributed by atoms with E-state index in [4.69, 9.17) is 15.6 Å². The van der Waals surface area contributed by atoms with Crippen molar-refractivity contribution < 1.29 is 14.6 Å². The van der Waals surface area contributed by atoms with Gasteiger partial charge in [-0.1, -0.05) is 24.3 Å². The van der Waals surface area contributed by atoms with Crippen molar-refractivity contribution in [2.24, 2.45) is 5.73 Å². The summed E-state index contributed by atoms with van der Waals surface area (Å²) < 4.78 is 5.20. The number of aliphatic hydroxyl groups excluding tert-OH is 1. The van der Waals surface area contributed by atoms with E-state index < -0.39 is 11.9 Å². The van der Waals surface area contributed by atoms with Crippen LogP contribution in [0, 0.1) is 0 Å². The number of methoxy groups -OCH3 is 1. The van der Waals surface area contributed by atoms with Gasteiger partial charge < -0.3 is 20.9 Å². The topological polar surface area (TPSA) is 84.6 Å². The van der Waals surface area contributed by atoms with E-state index in [0.29, 0.717) is 5.69 Å². The summed E-state index contributed by atoms with van der Waals surface area (Å²) in [6.45, 7) is -0.381. The standard InChI is InChI=1S/C16H18N2O3/c1-21-14-4-2-3-12(9-14)11-5-7-13(8-6-11)18-16(20)15(17)10-19/h2-9,15,19H,10,17H2,1H3,(H,18,20)/t15-/m0/s1. The van der Waals surface area contributed by atoms with E-state index in [2.05, 4.69) is 5.32 Å². The Morgan fingerprint density at radius 3 is 2.57 bits per heavy atom. The van der Waals surface area contributed by atoms with Gasteiger partial charge in [0.25, 0.3) is 0 Å². The first kappa shape index (κ1) is 15.0. The number of aliphatic hydroxyl groups is 1. The molecule has 0 saturated heterocycles. The van der Waals surface area contributed by atoms with Gasteiger partial charge in [0.1, 0.15) is 11.8 Å². The number of carbonyl (C=O) groups excluding carboxylic acids is 1. The van der Waals surface area contributed by atoms with E-state index in [9.17, 15) is 4.79 Å². The van der Waals surface area contributed by atoms with Gasteiger partial charge in [0.05, 0.1) is 13.7 Å². The van der Waals surface area contributed by atoms with E-state index in [0.717, 1.165) is 16.9 Å². The maximum absolute atomic E-state index is 11.6. The summed E-state index contributed by atoms with van der Waals surface area (Å²) >= 11 is 0. The smallest absolute Gasteiger partial charge is 0.243 e. The molecular formula is C16H18N2O3. The molecule has 0 spiro atoms. The van der Waals surface area contributed by atoms with Gasteiger partial charge in [-0.2, -0.15) is 0 Å². The maximum atomic E-state index is 11.6. The largest absolute Gasteiger partial charge is 0.497 e. The summed E-state index contributed by atoms with van der Waals surface area (Å²) in [4.78, 5) is 11.6. The molecule has 5 nitrogen and oxygen atoms in total. The van der Waals surface area contributed by atoms with Gasteiger partial charge in [-0.3, -0.25) is 4.79 Å². The van der Waals surface area contributed by atoms with Crippen molar-refractivity contribution in [3.63, 3.8) is 0 Å². The van der Waals surface area contributed by atoms with Gasteiger partial charge in [-0.05, 0) is 35.4 Å². The molecule has 5 heteroatoms. The van der Waals surface area contributed by atoms with Crippen LogP contribution < -0.4 is 15.8 Å². The Kier molecular flexibility index (Phi) is 4.92. The summed E-state index contributed by atoms with van der Waals surface area (Å²) in [7, 11) is 1.63. The first-order valence-corrected chi connectivity index (χ1v) is 6.56. The number of nitrogens with one attached hydrogen (secondary N) is 1. The lowest BCUT2D eigenvalue weighted by molar-refractivity contribution is -0.118. The fourth-order valence-electron chi connectivity index (χ4n) is 1.87. The number of hydrogen-bond donors (Lipinski definition) is 3. The molecule has 2 aromatic carbocycles. The van der Waals surface area contributed by atoms with Crippen LogP contribution in [0.15, 0.2) is 48.5 Å². The van der Waals surface area contributed by atoms with E-state index in [1.165, 1.54) is 0 Å². The zero-order chi connectivity index (χ0) is 15.2. The summed E-state index contributed by atoms with van der Waals surface area (Å²) in [5, 5.41) is 11.5. The average molecular weight is 286 g/mol. The second-order valence-corrected chi connectivity index (χ2v) is 4.59. The monoisotopic (exact) mass is 286 g/mol. The molecule has 1 amide bonds. The van der Waals surface area contributed by atoms with Crippen LogP contribution >= 0.6 is 0 Å². The first-order valence-electron chi connectivity index (χ1n) is 6.56. The van der Waals surface area contributed by atoms with Crippen molar-refractivity contribution in [1.82, 2.24) is 0 Å². The lowest BCUT2D eigenvalue weighted by Gasteiger charge is -2.10. The van der Waals surface area contributed by atoms with Crippen LogP contribution in [0.2, 0.25) is 0 Å². The molecule has 0 aliphatic rings. The molecule has 0 radical (unpaired) electrons. The average Bonchev–Trinajstić information content (AvgIpc) is 2.54. The number of benzene rings is 2. The Hall–Kier alpha value is -2.37.